The topological polar surface area (TPSA) is 64.0 Å². The number of nitrogens with zero attached hydrogens (tertiary/aromatic N) is 2. The monoisotopic (exact) mass is 682 g/mol. The Hall–Kier alpha value is -2.09. The Morgan fingerprint density at radius 3 is 2.02 bits per heavy atom. The van der Waals surface area contributed by atoms with E-state index in [0.717, 1.165) is 63.6 Å². The summed E-state index contributed by atoms with van der Waals surface area (Å²) in [4.78, 5) is 17.8. The van der Waals surface area contributed by atoms with E-state index in [9.17, 15) is 4.79 Å². The lowest BCUT2D eigenvalue weighted by molar-refractivity contribution is -0.137. The maximum atomic E-state index is 10.3. The molecule has 2 heterocycles. The summed E-state index contributed by atoms with van der Waals surface area (Å²) in [5.41, 5.74) is 3.87. The third kappa shape index (κ3) is 15.8. The number of halogens is 1. The van der Waals surface area contributed by atoms with Crippen LogP contribution in [0.1, 0.15) is 114 Å². The number of allylic oxidation sites excluding steroid dienone is 2. The van der Waals surface area contributed by atoms with Gasteiger partial charge in [-0.2, -0.15) is 0 Å². The molecular weight excluding hydrogens is 624 g/mol. The number of carboxylic acid groups (broad SMARTS) is 1. The number of aliphatic carboxylic acids is 1. The first kappa shape index (κ1) is 39.3. The standard InChI is InChI=1S/C22H25ClN2OS.C18H34O2/c23-17-7-8-22-20(16-17)18(19-4-1-2-6-21(19)27-22)5-3-9-24-10-12-25(13-11-24)14-15-26;1-2-3-4-5-6-7-8-9-10-11-12-13-14-15-16-17-18(19)20/h1-2,4-8,16,26H,3,9-15H2;9-10H,2-8,11-17H2,1H3,(H,19,20)/b18-5-;10-9-. The second-order valence-electron chi connectivity index (χ2n) is 12.8. The Morgan fingerprint density at radius 2 is 1.36 bits per heavy atom. The molecule has 7 heteroatoms. The van der Waals surface area contributed by atoms with Crippen LogP contribution in [0, 0.1) is 0 Å². The van der Waals surface area contributed by atoms with Gasteiger partial charge in [0.2, 0.25) is 0 Å². The van der Waals surface area contributed by atoms with Gasteiger partial charge in [-0.1, -0.05) is 118 Å². The van der Waals surface area contributed by atoms with Gasteiger partial charge in [0.25, 0.3) is 0 Å². The fourth-order valence-electron chi connectivity index (χ4n) is 6.18. The molecule has 2 aromatic carbocycles. The van der Waals surface area contributed by atoms with E-state index in [2.05, 4.69) is 71.3 Å². The molecule has 5 nitrogen and oxygen atoms in total. The average molecular weight is 683 g/mol. The summed E-state index contributed by atoms with van der Waals surface area (Å²) in [5.74, 6) is -0.664. The molecule has 0 atom stereocenters. The van der Waals surface area contributed by atoms with Crippen LogP contribution < -0.4 is 0 Å². The molecule has 2 aliphatic rings. The van der Waals surface area contributed by atoms with Crippen LogP contribution in [0.5, 0.6) is 0 Å². The van der Waals surface area contributed by atoms with Crippen LogP contribution in [0.4, 0.5) is 0 Å². The number of aliphatic hydroxyl groups is 1. The fourth-order valence-corrected chi connectivity index (χ4v) is 7.44. The quantitative estimate of drug-likeness (QED) is 0.0913. The van der Waals surface area contributed by atoms with Gasteiger partial charge >= 0.3 is 5.97 Å². The number of hydrogen-bond donors (Lipinski definition) is 2. The molecule has 1 fully saturated rings. The van der Waals surface area contributed by atoms with Crippen molar-refractivity contribution in [3.63, 3.8) is 0 Å². The van der Waals surface area contributed by atoms with Gasteiger partial charge in [-0.15, -0.1) is 0 Å². The van der Waals surface area contributed by atoms with Crippen molar-refractivity contribution in [1.82, 2.24) is 9.80 Å². The molecule has 0 bridgehead atoms. The predicted octanol–water partition coefficient (Wildman–Crippen LogP) is 10.3. The number of hydrogen-bond acceptors (Lipinski definition) is 5. The molecule has 0 spiro atoms. The van der Waals surface area contributed by atoms with Crippen LogP contribution in [0.3, 0.4) is 0 Å². The Bertz CT molecular complexity index is 1230. The highest BCUT2D eigenvalue weighted by Crippen LogP contribution is 2.46. The van der Waals surface area contributed by atoms with Gasteiger partial charge < -0.3 is 15.1 Å². The van der Waals surface area contributed by atoms with E-state index in [1.54, 1.807) is 0 Å². The molecule has 260 valence electrons. The van der Waals surface area contributed by atoms with E-state index in [0.29, 0.717) is 6.42 Å². The van der Waals surface area contributed by atoms with Gasteiger partial charge in [0.05, 0.1) is 6.61 Å². The average Bonchev–Trinajstić information content (AvgIpc) is 3.07. The van der Waals surface area contributed by atoms with E-state index in [1.165, 1.54) is 97.1 Å². The number of fused-ring (bicyclic) bond motifs is 2. The number of β-amino-alcohol motifs (C(OH)–C–C–N with tert-alkyl or cyclic N) is 1. The molecule has 0 unspecified atom stereocenters. The highest BCUT2D eigenvalue weighted by molar-refractivity contribution is 7.99. The molecular formula is C40H59ClN2O3S. The van der Waals surface area contributed by atoms with Crippen molar-refractivity contribution in [2.75, 3.05) is 45.9 Å². The second-order valence-corrected chi connectivity index (χ2v) is 14.3. The van der Waals surface area contributed by atoms with Crippen LogP contribution in [-0.4, -0.2) is 71.9 Å². The van der Waals surface area contributed by atoms with Crippen LogP contribution in [0.2, 0.25) is 5.02 Å². The number of unbranched alkanes of at least 4 members (excludes halogenated alkanes) is 11. The van der Waals surface area contributed by atoms with E-state index < -0.39 is 5.97 Å². The van der Waals surface area contributed by atoms with Gasteiger partial charge in [-0.05, 0) is 79.5 Å². The van der Waals surface area contributed by atoms with E-state index in [4.69, 9.17) is 21.8 Å². The van der Waals surface area contributed by atoms with Crippen molar-refractivity contribution < 1.29 is 15.0 Å². The number of aliphatic hydroxyl groups excluding tert-OH is 1. The number of benzene rings is 2. The Morgan fingerprint density at radius 1 is 0.766 bits per heavy atom. The molecule has 0 aromatic heterocycles. The summed E-state index contributed by atoms with van der Waals surface area (Å²) < 4.78 is 0. The number of carbonyl (C=O) groups is 1. The highest BCUT2D eigenvalue weighted by atomic mass is 35.5. The number of rotatable bonds is 20. The molecule has 2 aromatic rings. The normalized spacial score (nSPS) is 15.8. The van der Waals surface area contributed by atoms with Crippen molar-refractivity contribution >= 4 is 34.9 Å². The van der Waals surface area contributed by atoms with E-state index in [-0.39, 0.29) is 6.61 Å². The summed E-state index contributed by atoms with van der Waals surface area (Å²) in [7, 11) is 0. The largest absolute Gasteiger partial charge is 0.481 e. The summed E-state index contributed by atoms with van der Waals surface area (Å²) >= 11 is 8.12. The first-order chi connectivity index (χ1) is 23.0. The number of piperazine rings is 1. The van der Waals surface area contributed by atoms with E-state index >= 15 is 0 Å². The van der Waals surface area contributed by atoms with Gasteiger partial charge in [0.1, 0.15) is 0 Å². The van der Waals surface area contributed by atoms with E-state index in [1.807, 2.05) is 17.8 Å². The van der Waals surface area contributed by atoms with Crippen molar-refractivity contribution in [3.05, 3.63) is 76.8 Å². The molecule has 0 saturated carbocycles. The van der Waals surface area contributed by atoms with Crippen LogP contribution >= 0.6 is 23.4 Å². The smallest absolute Gasteiger partial charge is 0.303 e. The molecule has 0 aliphatic carbocycles. The lowest BCUT2D eigenvalue weighted by Crippen LogP contribution is -2.47. The zero-order chi connectivity index (χ0) is 33.5. The minimum Gasteiger partial charge on any atom is -0.481 e. The fraction of sp³-hybridized carbons (Fsp3) is 0.575. The molecule has 47 heavy (non-hydrogen) atoms. The Kier molecular flexibility index (Phi) is 20.2. The SMILES string of the molecule is CCCCCCCC/C=C\CCCCCCCC(=O)O.OCCN1CCN(CC/C=C2/c3ccccc3Sc3ccc(Cl)cc32)CC1. The zero-order valence-electron chi connectivity index (χ0n) is 28.8. The first-order valence-corrected chi connectivity index (χ1v) is 19.4. The third-order valence-corrected chi connectivity index (χ3v) is 10.3. The zero-order valence-corrected chi connectivity index (χ0v) is 30.4. The molecule has 0 amide bonds. The summed E-state index contributed by atoms with van der Waals surface area (Å²) in [6.07, 6.45) is 24.7. The van der Waals surface area contributed by atoms with Gasteiger partial charge in [-0.3, -0.25) is 9.69 Å². The Balaban J connectivity index is 0.000000270. The highest BCUT2D eigenvalue weighted by Gasteiger charge is 2.21. The van der Waals surface area contributed by atoms with Crippen LogP contribution in [0.15, 0.2) is 70.5 Å². The third-order valence-electron chi connectivity index (χ3n) is 8.96. The molecule has 4 rings (SSSR count). The van der Waals surface area contributed by atoms with Gasteiger partial charge in [0, 0.05) is 60.5 Å². The maximum Gasteiger partial charge on any atom is 0.303 e. The lowest BCUT2D eigenvalue weighted by Gasteiger charge is -2.34. The second kappa shape index (κ2) is 24.1. The van der Waals surface area contributed by atoms with Crippen molar-refractivity contribution in [2.45, 2.75) is 113 Å². The first-order valence-electron chi connectivity index (χ1n) is 18.2. The number of carboxylic acids is 1. The molecule has 2 N–H and O–H groups in total. The van der Waals surface area contributed by atoms with Gasteiger partial charge in [-0.25, -0.2) is 0 Å². The molecule has 1 saturated heterocycles. The summed E-state index contributed by atoms with van der Waals surface area (Å²) in [5, 5.41) is 18.4. The summed E-state index contributed by atoms with van der Waals surface area (Å²) in [6, 6.07) is 14.8. The van der Waals surface area contributed by atoms with Crippen LogP contribution in [0.25, 0.3) is 5.57 Å². The van der Waals surface area contributed by atoms with Crippen molar-refractivity contribution in [3.8, 4) is 0 Å². The lowest BCUT2D eigenvalue weighted by atomic mass is 9.96. The Labute approximate surface area is 294 Å². The predicted molar refractivity (Wildman–Crippen MR) is 201 cm³/mol. The molecule has 0 radical (unpaired) electrons. The van der Waals surface area contributed by atoms with Crippen molar-refractivity contribution in [1.29, 1.82) is 0 Å². The minimum atomic E-state index is -0.664. The summed E-state index contributed by atoms with van der Waals surface area (Å²) in [6.45, 7) is 8.64. The van der Waals surface area contributed by atoms with Gasteiger partial charge in [0.15, 0.2) is 0 Å². The molecule has 2 aliphatic heterocycles. The van der Waals surface area contributed by atoms with Crippen molar-refractivity contribution in [2.24, 2.45) is 0 Å². The maximum absolute atomic E-state index is 10.3. The van der Waals surface area contributed by atoms with Crippen LogP contribution in [-0.2, 0) is 4.79 Å². The minimum absolute atomic E-state index is 0.255.